The summed E-state index contributed by atoms with van der Waals surface area (Å²) in [5, 5.41) is 0. The molecule has 0 bridgehead atoms. The van der Waals surface area contributed by atoms with Crippen LogP contribution in [0.2, 0.25) is 0 Å². The fourth-order valence-corrected chi connectivity index (χ4v) is 3.92. The van der Waals surface area contributed by atoms with E-state index in [1.807, 2.05) is 42.8 Å². The van der Waals surface area contributed by atoms with Crippen LogP contribution in [0.25, 0.3) is 11.3 Å². The van der Waals surface area contributed by atoms with Crippen LogP contribution in [0.5, 0.6) is 11.5 Å². The first-order valence-electron chi connectivity index (χ1n) is 10.4. The molecule has 0 atom stereocenters. The maximum absolute atomic E-state index is 7.81. The molecule has 1 aromatic heterocycles. The van der Waals surface area contributed by atoms with Crippen LogP contribution in [-0.2, 0) is 12.5 Å². The van der Waals surface area contributed by atoms with Crippen molar-refractivity contribution in [2.45, 2.75) is 40.0 Å². The molecule has 0 fully saturated rings. The van der Waals surface area contributed by atoms with E-state index in [1.54, 1.807) is 6.20 Å². The van der Waals surface area contributed by atoms with Crippen LogP contribution in [0.3, 0.4) is 0 Å². The molecule has 1 aliphatic rings. The van der Waals surface area contributed by atoms with E-state index in [0.717, 1.165) is 39.4 Å². The molecule has 4 rings (SSSR count). The van der Waals surface area contributed by atoms with Crippen molar-refractivity contribution in [2.75, 3.05) is 0 Å². The summed E-state index contributed by atoms with van der Waals surface area (Å²) >= 11 is 0. The largest absolute Gasteiger partial charge is 0.456 e. The number of hydrogen-bond donors (Lipinski definition) is 0. The molecule has 2 aromatic carbocycles. The van der Waals surface area contributed by atoms with Crippen molar-refractivity contribution < 1.29 is 13.4 Å². The first-order valence-corrected chi connectivity index (χ1v) is 8.94. The number of aryl methyl sites for hydroxylation is 4. The molecule has 2 heteroatoms. The summed E-state index contributed by atoms with van der Waals surface area (Å²) in [6.45, 7) is 6.23. The Morgan fingerprint density at radius 3 is 2.50 bits per heavy atom. The van der Waals surface area contributed by atoms with Gasteiger partial charge in [-0.05, 0) is 37.9 Å². The van der Waals surface area contributed by atoms with E-state index < -0.39 is 6.85 Å². The monoisotopic (exact) mass is 347 g/mol. The Hall–Kier alpha value is -2.61. The third kappa shape index (κ3) is 2.36. The van der Waals surface area contributed by atoms with Crippen LogP contribution in [0, 0.1) is 20.7 Å². The van der Waals surface area contributed by atoms with Gasteiger partial charge in [-0.25, -0.2) is 4.57 Å². The maximum atomic E-state index is 7.81. The molecule has 0 radical (unpaired) electrons. The third-order valence-corrected chi connectivity index (χ3v) is 5.55. The number of fused-ring (bicyclic) bond motifs is 2. The number of para-hydroxylation sites is 1. The van der Waals surface area contributed by atoms with Gasteiger partial charge in [0.25, 0.3) is 0 Å². The van der Waals surface area contributed by atoms with Crippen LogP contribution >= 0.6 is 0 Å². The number of aromatic nitrogens is 1. The van der Waals surface area contributed by atoms with Gasteiger partial charge >= 0.3 is 0 Å². The summed E-state index contributed by atoms with van der Waals surface area (Å²) in [5.74, 6) is 1.72. The van der Waals surface area contributed by atoms with Gasteiger partial charge in [0.2, 0.25) is 5.69 Å². The number of pyridine rings is 1. The molecule has 0 spiro atoms. The van der Waals surface area contributed by atoms with Crippen molar-refractivity contribution in [3.63, 3.8) is 0 Å². The van der Waals surface area contributed by atoms with Gasteiger partial charge in [0, 0.05) is 32.3 Å². The molecular weight excluding hydrogens is 318 g/mol. The Kier molecular flexibility index (Phi) is 2.98. The highest BCUT2D eigenvalue weighted by Gasteiger charge is 2.37. The van der Waals surface area contributed by atoms with Gasteiger partial charge in [0.15, 0.2) is 6.20 Å². The van der Waals surface area contributed by atoms with E-state index in [1.165, 1.54) is 5.56 Å². The number of ether oxygens (including phenoxy) is 1. The number of nitrogens with zero attached hydrogens (tertiary/aromatic N) is 1. The molecule has 0 aliphatic carbocycles. The van der Waals surface area contributed by atoms with Gasteiger partial charge in [-0.15, -0.1) is 0 Å². The normalized spacial score (nSPS) is 16.6. The standard InChI is InChI=1S/C24H26NO/c1-15-11-12-19-23(22(15)20-13-16(2)17(3)14-25(20)6)26-21-10-8-7-9-18(21)24(19,4)5/h7-14H,1-6H3/q+1/i3D3. The smallest absolute Gasteiger partial charge is 0.216 e. The summed E-state index contributed by atoms with van der Waals surface area (Å²) < 4.78 is 31.8. The summed E-state index contributed by atoms with van der Waals surface area (Å²) in [6, 6.07) is 14.4. The fourth-order valence-electron chi connectivity index (χ4n) is 3.92. The lowest BCUT2D eigenvalue weighted by Gasteiger charge is -2.35. The second-order valence-corrected chi connectivity index (χ2v) is 7.72. The van der Waals surface area contributed by atoms with Crippen LogP contribution in [0.15, 0.2) is 48.7 Å². The molecule has 0 saturated carbocycles. The molecule has 0 N–H and O–H groups in total. The second-order valence-electron chi connectivity index (χ2n) is 7.72. The van der Waals surface area contributed by atoms with E-state index >= 15 is 0 Å². The second kappa shape index (κ2) is 5.70. The Bertz CT molecular complexity index is 1130. The Labute approximate surface area is 160 Å². The molecular formula is C24H26NO+. The number of hydrogen-bond acceptors (Lipinski definition) is 1. The van der Waals surface area contributed by atoms with Crippen molar-refractivity contribution in [1.29, 1.82) is 0 Å². The Morgan fingerprint density at radius 1 is 0.962 bits per heavy atom. The zero-order chi connectivity index (χ0) is 21.1. The van der Waals surface area contributed by atoms with Crippen molar-refractivity contribution in [1.82, 2.24) is 0 Å². The van der Waals surface area contributed by atoms with Crippen molar-refractivity contribution >= 4 is 0 Å². The first-order chi connectivity index (χ1) is 13.5. The first kappa shape index (κ1) is 13.6. The highest BCUT2D eigenvalue weighted by Crippen LogP contribution is 2.51. The van der Waals surface area contributed by atoms with Crippen molar-refractivity contribution in [3.05, 3.63) is 76.5 Å². The van der Waals surface area contributed by atoms with Crippen LogP contribution in [0.4, 0.5) is 0 Å². The van der Waals surface area contributed by atoms with E-state index in [0.29, 0.717) is 5.56 Å². The van der Waals surface area contributed by atoms with Gasteiger partial charge in [-0.1, -0.05) is 44.2 Å². The van der Waals surface area contributed by atoms with Crippen LogP contribution < -0.4 is 9.30 Å². The molecule has 132 valence electrons. The quantitative estimate of drug-likeness (QED) is 0.527. The SMILES string of the molecule is [2H]C([2H])([2H])c1c[n+](C)c(-c2c(C)ccc3c2Oc2ccccc2C3(C)C)cc1C. The predicted molar refractivity (Wildman–Crippen MR) is 106 cm³/mol. The lowest BCUT2D eigenvalue weighted by Crippen LogP contribution is -2.32. The maximum Gasteiger partial charge on any atom is 0.216 e. The summed E-state index contributed by atoms with van der Waals surface area (Å²) in [5.41, 5.74) is 6.28. The van der Waals surface area contributed by atoms with Gasteiger partial charge in [-0.2, -0.15) is 0 Å². The molecule has 0 unspecified atom stereocenters. The van der Waals surface area contributed by atoms with E-state index in [2.05, 4.69) is 39.0 Å². The lowest BCUT2D eigenvalue weighted by molar-refractivity contribution is -0.660. The topological polar surface area (TPSA) is 13.1 Å². The van der Waals surface area contributed by atoms with Gasteiger partial charge in [0.1, 0.15) is 18.5 Å². The highest BCUT2D eigenvalue weighted by atomic mass is 16.5. The Morgan fingerprint density at radius 2 is 1.73 bits per heavy atom. The molecule has 2 heterocycles. The lowest BCUT2D eigenvalue weighted by atomic mass is 9.74. The number of benzene rings is 2. The van der Waals surface area contributed by atoms with E-state index in [4.69, 9.17) is 8.85 Å². The molecule has 2 nitrogen and oxygen atoms in total. The molecule has 0 amide bonds. The van der Waals surface area contributed by atoms with Crippen molar-refractivity contribution in [2.24, 2.45) is 7.05 Å². The molecule has 1 aliphatic heterocycles. The van der Waals surface area contributed by atoms with Crippen LogP contribution in [0.1, 0.15) is 45.8 Å². The third-order valence-electron chi connectivity index (χ3n) is 5.55. The average Bonchev–Trinajstić information content (AvgIpc) is 2.63. The predicted octanol–water partition coefficient (Wildman–Crippen LogP) is 5.53. The van der Waals surface area contributed by atoms with Crippen molar-refractivity contribution in [3.8, 4) is 22.8 Å². The van der Waals surface area contributed by atoms with Gasteiger partial charge in [-0.3, -0.25) is 0 Å². The highest BCUT2D eigenvalue weighted by molar-refractivity contribution is 5.75. The zero-order valence-electron chi connectivity index (χ0n) is 19.0. The Balaban J connectivity index is 1.99. The fraction of sp³-hybridized carbons (Fsp3) is 0.292. The number of rotatable bonds is 1. The minimum absolute atomic E-state index is 0.196. The van der Waals surface area contributed by atoms with E-state index in [9.17, 15) is 0 Å². The summed E-state index contributed by atoms with van der Waals surface area (Å²) in [4.78, 5) is 0. The zero-order valence-corrected chi connectivity index (χ0v) is 16.0. The van der Waals surface area contributed by atoms with Crippen LogP contribution in [-0.4, -0.2) is 0 Å². The molecule has 3 aromatic rings. The minimum Gasteiger partial charge on any atom is -0.456 e. The summed E-state index contributed by atoms with van der Waals surface area (Å²) in [7, 11) is 1.89. The summed E-state index contributed by atoms with van der Waals surface area (Å²) in [6.07, 6.45) is 1.72. The van der Waals surface area contributed by atoms with E-state index in [-0.39, 0.29) is 5.41 Å². The minimum atomic E-state index is -2.14. The van der Waals surface area contributed by atoms with Gasteiger partial charge in [0.05, 0.1) is 5.56 Å². The average molecular weight is 347 g/mol. The van der Waals surface area contributed by atoms with Gasteiger partial charge < -0.3 is 4.74 Å². The molecule has 26 heavy (non-hydrogen) atoms. The molecule has 0 saturated heterocycles.